The maximum Gasteiger partial charge on any atom is 0.316 e. The van der Waals surface area contributed by atoms with Crippen LogP contribution in [-0.2, 0) is 10.2 Å². The Balaban J connectivity index is 2.16. The molecule has 0 aromatic heterocycles. The van der Waals surface area contributed by atoms with Gasteiger partial charge in [-0.3, -0.25) is 4.79 Å². The fourth-order valence-corrected chi connectivity index (χ4v) is 2.70. The van der Waals surface area contributed by atoms with E-state index in [1.807, 2.05) is 57.2 Å². The van der Waals surface area contributed by atoms with Gasteiger partial charge in [-0.2, -0.15) is 0 Å². The minimum Gasteiger partial charge on any atom is -0.488 e. The van der Waals surface area contributed by atoms with Crippen molar-refractivity contribution in [2.45, 2.75) is 72.8 Å². The van der Waals surface area contributed by atoms with Gasteiger partial charge in [-0.25, -0.2) is 0 Å². The van der Waals surface area contributed by atoms with E-state index in [1.54, 1.807) is 0 Å². The van der Waals surface area contributed by atoms with Crippen LogP contribution in [0.1, 0.15) is 72.9 Å². The summed E-state index contributed by atoms with van der Waals surface area (Å²) in [5, 5.41) is 0. The highest BCUT2D eigenvalue weighted by Gasteiger charge is 2.26. The van der Waals surface area contributed by atoms with E-state index >= 15 is 0 Å². The predicted molar refractivity (Wildman–Crippen MR) is 115 cm³/mol. The van der Waals surface area contributed by atoms with Crippen molar-refractivity contribution in [3.05, 3.63) is 59.7 Å². The van der Waals surface area contributed by atoms with Crippen molar-refractivity contribution in [2.75, 3.05) is 0 Å². The molecule has 0 saturated heterocycles. The Morgan fingerprint density at radius 2 is 1.18 bits per heavy atom. The van der Waals surface area contributed by atoms with Crippen LogP contribution in [0.5, 0.6) is 11.5 Å². The minimum atomic E-state index is -0.520. The molecule has 0 amide bonds. The van der Waals surface area contributed by atoms with Crippen LogP contribution in [0.3, 0.4) is 0 Å². The zero-order chi connectivity index (χ0) is 21.2. The molecular formula is C25H34O3. The van der Waals surface area contributed by atoms with Crippen LogP contribution in [0, 0.1) is 5.41 Å². The molecular weight excluding hydrogens is 348 g/mol. The van der Waals surface area contributed by atoms with Crippen LogP contribution in [0.4, 0.5) is 0 Å². The molecule has 0 atom stereocenters. The predicted octanol–water partition coefficient (Wildman–Crippen LogP) is 6.53. The summed E-state index contributed by atoms with van der Waals surface area (Å²) >= 11 is 0. The molecule has 3 nitrogen and oxygen atoms in total. The van der Waals surface area contributed by atoms with E-state index in [9.17, 15) is 4.79 Å². The fourth-order valence-electron chi connectivity index (χ4n) is 2.70. The average Bonchev–Trinajstić information content (AvgIpc) is 2.61. The SMILES string of the molecule is CCC(C)(C)Oc1ccc(C(C)(C)c2ccc(OC(=O)C(C)(C)C)cc2)cc1. The Morgan fingerprint density at radius 3 is 1.57 bits per heavy atom. The molecule has 2 aromatic rings. The number of carbonyl (C=O) groups is 1. The molecule has 3 heteroatoms. The number of rotatable bonds is 6. The zero-order valence-corrected chi connectivity index (χ0v) is 18.6. The third kappa shape index (κ3) is 5.37. The lowest BCUT2D eigenvalue weighted by molar-refractivity contribution is -0.142. The number of benzene rings is 2. The Bertz CT molecular complexity index is 791. The Kier molecular flexibility index (Phi) is 6.27. The third-order valence-electron chi connectivity index (χ3n) is 5.22. The molecule has 152 valence electrons. The number of hydrogen-bond acceptors (Lipinski definition) is 3. The molecule has 0 bridgehead atoms. The van der Waals surface area contributed by atoms with Crippen molar-refractivity contribution in [3.8, 4) is 11.5 Å². The van der Waals surface area contributed by atoms with Crippen LogP contribution in [-0.4, -0.2) is 11.6 Å². The summed E-state index contributed by atoms with van der Waals surface area (Å²) in [7, 11) is 0. The van der Waals surface area contributed by atoms with Gasteiger partial charge in [0.25, 0.3) is 0 Å². The molecule has 0 fully saturated rings. The van der Waals surface area contributed by atoms with Crippen molar-refractivity contribution in [2.24, 2.45) is 5.41 Å². The standard InChI is InChI=1S/C25H34O3/c1-9-24(5,6)28-21-16-12-19(13-17-21)25(7,8)18-10-14-20(15-11-18)27-22(26)23(2,3)4/h10-17H,9H2,1-8H3. The lowest BCUT2D eigenvalue weighted by atomic mass is 9.78. The third-order valence-corrected chi connectivity index (χ3v) is 5.22. The van der Waals surface area contributed by atoms with E-state index < -0.39 is 5.41 Å². The van der Waals surface area contributed by atoms with E-state index in [0.29, 0.717) is 5.75 Å². The summed E-state index contributed by atoms with van der Waals surface area (Å²) in [6, 6.07) is 16.1. The molecule has 0 spiro atoms. The second-order valence-electron chi connectivity index (χ2n) is 9.53. The lowest BCUT2D eigenvalue weighted by Gasteiger charge is -2.28. The first kappa shape index (κ1) is 22.0. The van der Waals surface area contributed by atoms with Gasteiger partial charge in [0, 0.05) is 5.41 Å². The van der Waals surface area contributed by atoms with Gasteiger partial charge in [-0.05, 0) is 76.4 Å². The quantitative estimate of drug-likeness (QED) is 0.421. The summed E-state index contributed by atoms with van der Waals surface area (Å²) in [6.45, 7) is 16.2. The first-order chi connectivity index (χ1) is 12.8. The van der Waals surface area contributed by atoms with E-state index in [1.165, 1.54) is 5.56 Å². The van der Waals surface area contributed by atoms with Gasteiger partial charge < -0.3 is 9.47 Å². The molecule has 28 heavy (non-hydrogen) atoms. The molecule has 2 rings (SSSR count). The summed E-state index contributed by atoms with van der Waals surface area (Å²) in [6.07, 6.45) is 0.951. The van der Waals surface area contributed by atoms with Gasteiger partial charge in [-0.1, -0.05) is 45.0 Å². The number of ether oxygens (including phenoxy) is 2. The molecule has 0 unspecified atom stereocenters. The first-order valence-corrected chi connectivity index (χ1v) is 9.97. The van der Waals surface area contributed by atoms with Crippen LogP contribution in [0.2, 0.25) is 0 Å². The molecule has 0 aliphatic rings. The fraction of sp³-hybridized carbons (Fsp3) is 0.480. The molecule has 0 heterocycles. The maximum atomic E-state index is 12.1. The summed E-state index contributed by atoms with van der Waals surface area (Å²) < 4.78 is 11.5. The number of hydrogen-bond donors (Lipinski definition) is 0. The smallest absolute Gasteiger partial charge is 0.316 e. The Hall–Kier alpha value is -2.29. The highest BCUT2D eigenvalue weighted by atomic mass is 16.5. The highest BCUT2D eigenvalue weighted by Crippen LogP contribution is 2.34. The second-order valence-corrected chi connectivity index (χ2v) is 9.53. The molecule has 0 saturated carbocycles. The maximum absolute atomic E-state index is 12.1. The van der Waals surface area contributed by atoms with Crippen molar-refractivity contribution < 1.29 is 14.3 Å². The van der Waals surface area contributed by atoms with Crippen molar-refractivity contribution in [1.29, 1.82) is 0 Å². The van der Waals surface area contributed by atoms with Crippen molar-refractivity contribution in [1.82, 2.24) is 0 Å². The van der Waals surface area contributed by atoms with Gasteiger partial charge in [0.05, 0.1) is 5.41 Å². The van der Waals surface area contributed by atoms with Crippen LogP contribution >= 0.6 is 0 Å². The van der Waals surface area contributed by atoms with Gasteiger partial charge >= 0.3 is 5.97 Å². The average molecular weight is 383 g/mol. The number of esters is 1. The van der Waals surface area contributed by atoms with Gasteiger partial charge in [-0.15, -0.1) is 0 Å². The van der Waals surface area contributed by atoms with Gasteiger partial charge in [0.1, 0.15) is 17.1 Å². The van der Waals surface area contributed by atoms with Crippen molar-refractivity contribution >= 4 is 5.97 Å². The first-order valence-electron chi connectivity index (χ1n) is 9.97. The largest absolute Gasteiger partial charge is 0.488 e. The van der Waals surface area contributed by atoms with E-state index in [-0.39, 0.29) is 17.0 Å². The van der Waals surface area contributed by atoms with Gasteiger partial charge in [0.15, 0.2) is 0 Å². The molecule has 0 aliphatic heterocycles. The molecule has 0 N–H and O–H groups in total. The summed E-state index contributed by atoms with van der Waals surface area (Å²) in [5.41, 5.74) is 1.50. The van der Waals surface area contributed by atoms with Crippen LogP contribution in [0.15, 0.2) is 48.5 Å². The summed E-state index contributed by atoms with van der Waals surface area (Å²) in [5.74, 6) is 1.23. The van der Waals surface area contributed by atoms with Crippen LogP contribution < -0.4 is 9.47 Å². The van der Waals surface area contributed by atoms with Crippen LogP contribution in [0.25, 0.3) is 0 Å². The topological polar surface area (TPSA) is 35.5 Å². The Labute approximate surface area is 170 Å². The lowest BCUT2D eigenvalue weighted by Crippen LogP contribution is -2.27. The normalized spacial score (nSPS) is 12.6. The van der Waals surface area contributed by atoms with Crippen molar-refractivity contribution in [3.63, 3.8) is 0 Å². The van der Waals surface area contributed by atoms with E-state index in [0.717, 1.165) is 17.7 Å². The minimum absolute atomic E-state index is 0.169. The van der Waals surface area contributed by atoms with Gasteiger partial charge in [0.2, 0.25) is 0 Å². The van der Waals surface area contributed by atoms with E-state index in [2.05, 4.69) is 46.8 Å². The second kappa shape index (κ2) is 7.98. The highest BCUT2D eigenvalue weighted by molar-refractivity contribution is 5.77. The molecule has 0 radical (unpaired) electrons. The summed E-state index contributed by atoms with van der Waals surface area (Å²) in [4.78, 5) is 12.1. The van der Waals surface area contributed by atoms with E-state index in [4.69, 9.17) is 9.47 Å². The molecule has 0 aliphatic carbocycles. The number of carbonyl (C=O) groups excluding carboxylic acids is 1. The zero-order valence-electron chi connectivity index (χ0n) is 18.6. The Morgan fingerprint density at radius 1 is 0.750 bits per heavy atom. The monoisotopic (exact) mass is 382 g/mol. The molecule has 2 aromatic carbocycles.